The minimum Gasteiger partial charge on any atom is -0.844 e. The Labute approximate surface area is 478 Å². The smallest absolute Gasteiger partial charge is 0.844 e. The first kappa shape index (κ1) is 62.9. The largest absolute Gasteiger partial charge is 1.00 e. The molecule has 0 atom stereocenters. The third-order valence-corrected chi connectivity index (χ3v) is 9.65. The fourth-order valence-electron chi connectivity index (χ4n) is 6.42. The van der Waals surface area contributed by atoms with Crippen molar-refractivity contribution in [2.24, 2.45) is 20.5 Å². The molecule has 74 heavy (non-hydrogen) atoms. The number of carboxylic acids is 4. The van der Waals surface area contributed by atoms with Crippen LogP contribution in [-0.2, 0) is 10.8 Å². The fourth-order valence-corrected chi connectivity index (χ4v) is 6.42. The van der Waals surface area contributed by atoms with Gasteiger partial charge in [0.2, 0.25) is 0 Å². The first-order valence-electron chi connectivity index (χ1n) is 19.6. The molecule has 7 rings (SSSR count). The molecule has 4 N–H and O–H groups in total. The molecule has 2 aromatic carbocycles. The van der Waals surface area contributed by atoms with Crippen molar-refractivity contribution in [1.82, 2.24) is 54.1 Å². The van der Waals surface area contributed by atoms with Crippen LogP contribution in [0, 0.1) is 17.9 Å². The number of rotatable bonds is 12. The summed E-state index contributed by atoms with van der Waals surface area (Å²) in [5, 5.41) is 104. The first-order valence-corrected chi connectivity index (χ1v) is 19.6. The average molecular weight is 968 g/mol. The predicted molar refractivity (Wildman–Crippen MR) is 224 cm³/mol. The van der Waals surface area contributed by atoms with Gasteiger partial charge in [0.25, 0.3) is 17.6 Å². The van der Waals surface area contributed by atoms with Gasteiger partial charge in [-0.25, -0.2) is 24.2 Å². The van der Waals surface area contributed by atoms with Gasteiger partial charge in [-0.3, -0.25) is 0 Å². The Bertz CT molecular complexity index is 3200. The monoisotopic (exact) mass is 967 g/mol. The van der Waals surface area contributed by atoms with E-state index in [-0.39, 0.29) is 163 Å². The number of carboxylic acid groups (broad SMARTS) is 4. The summed E-state index contributed by atoms with van der Waals surface area (Å²) in [7, 11) is 0. The summed E-state index contributed by atoms with van der Waals surface area (Å²) in [5.41, 5.74) is 8.80. The summed E-state index contributed by atoms with van der Waals surface area (Å²) in [5.74, 6) is -8.87. The molecule has 0 aliphatic carbocycles. The van der Waals surface area contributed by atoms with E-state index in [1.165, 1.54) is 0 Å². The molecule has 0 unspecified atom stereocenters. The molecule has 0 saturated heterocycles. The quantitative estimate of drug-likeness (QED) is 0.0652. The maximum absolute atomic E-state index is 13.2. The second-order valence-electron chi connectivity index (χ2n) is 16.6. The van der Waals surface area contributed by atoms with Gasteiger partial charge in [0.1, 0.15) is 11.6 Å². The topological polar surface area (TPSA) is 423 Å². The Morgan fingerprint density at radius 2 is 0.959 bits per heavy atom. The number of aromatic nitrogens is 11. The summed E-state index contributed by atoms with van der Waals surface area (Å²) in [6.45, 7) is 18.1. The van der Waals surface area contributed by atoms with Crippen LogP contribution in [0.4, 0.5) is 40.3 Å². The van der Waals surface area contributed by atoms with Crippen molar-refractivity contribution in [3.8, 4) is 35.4 Å². The molecule has 7 aromatic rings. The summed E-state index contributed by atoms with van der Waals surface area (Å²) >= 11 is 0. The Morgan fingerprint density at radius 1 is 0.595 bits per heavy atom. The summed E-state index contributed by atoms with van der Waals surface area (Å²) in [6.07, 6.45) is 2.16. The van der Waals surface area contributed by atoms with Crippen molar-refractivity contribution < 1.29 is 139 Å². The third kappa shape index (κ3) is 12.6. The van der Waals surface area contributed by atoms with Crippen molar-refractivity contribution >= 4 is 64.2 Å². The van der Waals surface area contributed by atoms with E-state index in [0.29, 0.717) is 0 Å². The molecular formula is C41H30Li5N19O9. The normalized spacial score (nSPS) is 11.0. The number of nitrogens with two attached hydrogens (primary N) is 2. The van der Waals surface area contributed by atoms with Crippen LogP contribution in [0.25, 0.3) is 28.1 Å². The number of hydrogen-bond donors (Lipinski definition) is 2. The van der Waals surface area contributed by atoms with Crippen LogP contribution in [0.1, 0.15) is 99.9 Å². The average Bonchev–Trinajstić information content (AvgIpc) is 4.06. The van der Waals surface area contributed by atoms with Gasteiger partial charge in [0, 0.05) is 10.8 Å². The third-order valence-electron chi connectivity index (χ3n) is 9.65. The van der Waals surface area contributed by atoms with Crippen molar-refractivity contribution in [1.29, 1.82) is 5.26 Å². The van der Waals surface area contributed by atoms with Gasteiger partial charge in [-0.1, -0.05) is 41.5 Å². The van der Waals surface area contributed by atoms with E-state index in [1.807, 2.05) is 6.07 Å². The van der Waals surface area contributed by atoms with Crippen molar-refractivity contribution in [3.05, 3.63) is 99.4 Å². The van der Waals surface area contributed by atoms with Crippen LogP contribution >= 0.6 is 0 Å². The summed E-state index contributed by atoms with van der Waals surface area (Å²) < 4.78 is 3.84. The van der Waals surface area contributed by atoms with E-state index in [0.717, 1.165) is 67.5 Å². The van der Waals surface area contributed by atoms with Crippen LogP contribution < -0.4 is 131 Å². The maximum Gasteiger partial charge on any atom is 1.00 e. The Hall–Kier alpha value is -7.26. The van der Waals surface area contributed by atoms with Crippen LogP contribution in [-0.4, -0.2) is 78.0 Å². The summed E-state index contributed by atoms with van der Waals surface area (Å²) in [4.78, 5) is 62.5. The molecule has 0 saturated carbocycles. The van der Waals surface area contributed by atoms with Crippen LogP contribution in [0.5, 0.6) is 6.01 Å². The molecule has 33 heteroatoms. The second-order valence-corrected chi connectivity index (χ2v) is 16.6. The number of nitriles is 1. The van der Waals surface area contributed by atoms with Gasteiger partial charge in [-0.2, -0.15) is 40.0 Å². The molecule has 0 aliphatic heterocycles. The van der Waals surface area contributed by atoms with E-state index in [1.54, 1.807) is 41.5 Å². The second kappa shape index (κ2) is 24.2. The molecule has 0 bridgehead atoms. The van der Waals surface area contributed by atoms with Gasteiger partial charge in [0.15, 0.2) is 34.6 Å². The van der Waals surface area contributed by atoms with E-state index in [2.05, 4.69) is 60.6 Å². The van der Waals surface area contributed by atoms with E-state index in [9.17, 15) is 50.0 Å². The fraction of sp³-hybridized carbons (Fsp3) is 0.195. The number of azo groups is 2. The van der Waals surface area contributed by atoms with Gasteiger partial charge in [-0.05, 0) is 58.7 Å². The van der Waals surface area contributed by atoms with Crippen molar-refractivity contribution in [3.63, 3.8) is 0 Å². The van der Waals surface area contributed by atoms with Crippen LogP contribution in [0.15, 0.2) is 69.2 Å². The van der Waals surface area contributed by atoms with Crippen LogP contribution in [0.3, 0.4) is 0 Å². The zero-order valence-electron chi connectivity index (χ0n) is 41.6. The van der Waals surface area contributed by atoms with Crippen LogP contribution in [0.2, 0.25) is 0 Å². The molecule has 0 fully saturated rings. The predicted octanol–water partition coefficient (Wildman–Crippen LogP) is -14.8. The first-order chi connectivity index (χ1) is 32.4. The summed E-state index contributed by atoms with van der Waals surface area (Å²) in [6, 6.07) is 6.56. The van der Waals surface area contributed by atoms with Gasteiger partial charge < -0.3 is 56.2 Å². The van der Waals surface area contributed by atoms with Gasteiger partial charge >= 0.3 is 94.3 Å². The number of anilines is 2. The maximum atomic E-state index is 13.2. The molecule has 5 aromatic heterocycles. The minimum absolute atomic E-state index is 0. The molecule has 0 amide bonds. The zero-order chi connectivity index (χ0) is 50.4. The Kier molecular flexibility index (Phi) is 20.5. The van der Waals surface area contributed by atoms with Crippen molar-refractivity contribution in [2.45, 2.75) is 52.4 Å². The number of hydrogen-bond acceptors (Lipinski definition) is 23. The molecule has 0 radical (unpaired) electrons. The Morgan fingerprint density at radius 3 is 1.31 bits per heavy atom. The zero-order valence-corrected chi connectivity index (χ0v) is 41.6. The standard InChI is InChI=1S/C41H35N19O9.5Li/c1-40(2,3)27-25(51-53-31-21(14-42)15-46-57(31)22-10-17(33(61)62)8-18(11-22)34(63)64)29(43)59(55-27)37-48-38(50-39(69)49-37)60-30(44)26(28(56-60)41(4,5)6)52-54-32-24(45-7)16-47-58(32)23-12-19(35(65)66)9-20(13-23)36(67)68;;;;;/h8-13,15-16H,43-44H2,1-6H3,(H,61,62)(H,63,64)(H,65,66)(H,67,68)(H,48,49,50,69);;;;;/q;5*+1/p-5. The van der Waals surface area contributed by atoms with Crippen molar-refractivity contribution in [2.75, 3.05) is 11.5 Å². The Balaban J connectivity index is 0.00000375. The number of nitrogen functional groups attached to an aromatic ring is 2. The molecule has 28 nitrogen and oxygen atoms in total. The molecule has 0 aliphatic rings. The minimum atomic E-state index is -1.71. The number of carbonyl (C=O) groups is 4. The van der Waals surface area contributed by atoms with E-state index >= 15 is 0 Å². The number of benzene rings is 2. The molecule has 348 valence electrons. The molecule has 0 spiro atoms. The van der Waals surface area contributed by atoms with Gasteiger partial charge in [-0.15, -0.1) is 20.5 Å². The molecular weight excluding hydrogens is 937 g/mol. The number of nitrogens with zero attached hydrogens (tertiary/aromatic N) is 17. The molecule has 5 heterocycles. The number of aromatic carboxylic acids is 4. The number of carbonyl (C=O) groups excluding carboxylic acids is 4. The van der Waals surface area contributed by atoms with E-state index < -0.39 is 74.9 Å². The SMILES string of the molecule is [C-]#[N+]c1cnn(-c2cc(C(=O)[O-])cc(C(=O)[O-])c2)c1N=Nc1c(C(C)(C)C)nn(-c2nc([O-])nc(-n3nc(C(C)(C)C)c(N=Nc4c(C#N)cnn4-c4cc(C(=O)[O-])cc(C(=O)[O-])c4)c3N)n2)c1N.[Li+].[Li+].[Li+].[Li+].[Li+]. The van der Waals surface area contributed by atoms with E-state index in [4.69, 9.17) is 18.0 Å². The van der Waals surface area contributed by atoms with Gasteiger partial charge in [0.05, 0.1) is 71.6 Å².